The number of nitrogens with zero attached hydrogens (tertiary/aromatic N) is 3. The van der Waals surface area contributed by atoms with Crippen LogP contribution in [0.5, 0.6) is 0 Å². The molecule has 0 radical (unpaired) electrons. The molecule has 0 unspecified atom stereocenters. The lowest BCUT2D eigenvalue weighted by Crippen LogP contribution is -2.35. The average molecular weight is 412 g/mol. The molecule has 2 fully saturated rings. The molecule has 8 heteroatoms. The Morgan fingerprint density at radius 1 is 1.20 bits per heavy atom. The standard InChI is InChI=1S/C22H25FN4O3/c23-18-13-24-22(25-16-9-7-14(8-10-16)21(29)30)26-20(18)15-4-3-5-17(12-15)27-11-2-1-6-19(27)28/h3-5,12-14,16H,1-2,6-11H2,(H,29,30)(H,24,25,26)/t14-,16-. The van der Waals surface area contributed by atoms with Crippen LogP contribution in [-0.4, -0.2) is 39.5 Å². The molecule has 1 saturated heterocycles. The Bertz CT molecular complexity index is 944. The van der Waals surface area contributed by atoms with Crippen molar-refractivity contribution in [3.05, 3.63) is 36.3 Å². The highest BCUT2D eigenvalue weighted by Crippen LogP contribution is 2.29. The molecule has 7 nitrogen and oxygen atoms in total. The van der Waals surface area contributed by atoms with Crippen LogP contribution in [0.2, 0.25) is 0 Å². The number of nitrogens with one attached hydrogen (secondary N) is 1. The van der Waals surface area contributed by atoms with Crippen molar-refractivity contribution in [2.24, 2.45) is 5.92 Å². The monoisotopic (exact) mass is 412 g/mol. The first-order valence-corrected chi connectivity index (χ1v) is 10.4. The SMILES string of the molecule is O=C1CCCCN1c1cccc(-c2nc(N[C@H]3CC[C@H](C(=O)O)CC3)ncc2F)c1. The zero-order valence-electron chi connectivity index (χ0n) is 16.7. The lowest BCUT2D eigenvalue weighted by molar-refractivity contribution is -0.142. The third-order valence-corrected chi connectivity index (χ3v) is 5.91. The van der Waals surface area contributed by atoms with Gasteiger partial charge in [0.05, 0.1) is 12.1 Å². The van der Waals surface area contributed by atoms with Crippen molar-refractivity contribution in [1.29, 1.82) is 0 Å². The number of amides is 1. The smallest absolute Gasteiger partial charge is 0.306 e. The van der Waals surface area contributed by atoms with Gasteiger partial charge >= 0.3 is 5.97 Å². The minimum Gasteiger partial charge on any atom is -0.481 e. The van der Waals surface area contributed by atoms with Crippen molar-refractivity contribution in [3.63, 3.8) is 0 Å². The van der Waals surface area contributed by atoms with E-state index in [-0.39, 0.29) is 23.6 Å². The summed E-state index contributed by atoms with van der Waals surface area (Å²) in [6.07, 6.45) is 6.16. The Hall–Kier alpha value is -3.03. The van der Waals surface area contributed by atoms with Gasteiger partial charge < -0.3 is 15.3 Å². The van der Waals surface area contributed by atoms with Gasteiger partial charge in [-0.05, 0) is 50.7 Å². The first-order valence-electron chi connectivity index (χ1n) is 10.4. The van der Waals surface area contributed by atoms with Crippen LogP contribution >= 0.6 is 0 Å². The van der Waals surface area contributed by atoms with Gasteiger partial charge in [0.2, 0.25) is 11.9 Å². The Balaban J connectivity index is 1.52. The largest absolute Gasteiger partial charge is 0.481 e. The average Bonchev–Trinajstić information content (AvgIpc) is 2.76. The Kier molecular flexibility index (Phi) is 5.92. The van der Waals surface area contributed by atoms with E-state index >= 15 is 0 Å². The molecule has 1 aliphatic heterocycles. The molecule has 158 valence electrons. The summed E-state index contributed by atoms with van der Waals surface area (Å²) in [5.74, 6) is -1.17. The highest BCUT2D eigenvalue weighted by molar-refractivity contribution is 5.94. The summed E-state index contributed by atoms with van der Waals surface area (Å²) in [4.78, 5) is 33.5. The van der Waals surface area contributed by atoms with Crippen LogP contribution in [0.15, 0.2) is 30.5 Å². The minimum atomic E-state index is -0.749. The lowest BCUT2D eigenvalue weighted by Gasteiger charge is -2.27. The fourth-order valence-corrected chi connectivity index (χ4v) is 4.21. The summed E-state index contributed by atoms with van der Waals surface area (Å²) in [5, 5.41) is 12.3. The fourth-order valence-electron chi connectivity index (χ4n) is 4.21. The van der Waals surface area contributed by atoms with E-state index in [1.165, 1.54) is 0 Å². The third kappa shape index (κ3) is 4.42. The first kappa shape index (κ1) is 20.3. The van der Waals surface area contributed by atoms with Crippen LogP contribution in [0.3, 0.4) is 0 Å². The molecule has 30 heavy (non-hydrogen) atoms. The summed E-state index contributed by atoms with van der Waals surface area (Å²) < 4.78 is 14.5. The molecule has 0 bridgehead atoms. The van der Waals surface area contributed by atoms with E-state index in [0.717, 1.165) is 24.7 Å². The van der Waals surface area contributed by atoms with Gasteiger partial charge in [0.25, 0.3) is 0 Å². The van der Waals surface area contributed by atoms with Gasteiger partial charge in [-0.3, -0.25) is 9.59 Å². The minimum absolute atomic E-state index is 0.0659. The predicted octanol–water partition coefficient (Wildman–Crippen LogP) is 3.85. The van der Waals surface area contributed by atoms with E-state index in [1.807, 2.05) is 6.07 Å². The van der Waals surface area contributed by atoms with Crippen molar-refractivity contribution in [3.8, 4) is 11.3 Å². The number of hydrogen-bond acceptors (Lipinski definition) is 5. The van der Waals surface area contributed by atoms with Gasteiger partial charge in [-0.25, -0.2) is 14.4 Å². The van der Waals surface area contributed by atoms with Crippen molar-refractivity contribution in [2.45, 2.75) is 51.0 Å². The summed E-state index contributed by atoms with van der Waals surface area (Å²) >= 11 is 0. The highest BCUT2D eigenvalue weighted by Gasteiger charge is 2.26. The second kappa shape index (κ2) is 8.77. The number of anilines is 2. The van der Waals surface area contributed by atoms with Crippen LogP contribution in [-0.2, 0) is 9.59 Å². The summed E-state index contributed by atoms with van der Waals surface area (Å²) in [6, 6.07) is 7.28. The molecule has 2 N–H and O–H groups in total. The zero-order valence-corrected chi connectivity index (χ0v) is 16.7. The van der Waals surface area contributed by atoms with Crippen molar-refractivity contribution in [1.82, 2.24) is 9.97 Å². The maximum absolute atomic E-state index is 14.5. The van der Waals surface area contributed by atoms with E-state index in [2.05, 4.69) is 15.3 Å². The van der Waals surface area contributed by atoms with E-state index in [4.69, 9.17) is 5.11 Å². The topological polar surface area (TPSA) is 95.4 Å². The van der Waals surface area contributed by atoms with E-state index in [9.17, 15) is 14.0 Å². The second-order valence-electron chi connectivity index (χ2n) is 7.97. The molecule has 1 amide bonds. The number of halogens is 1. The van der Waals surface area contributed by atoms with Gasteiger partial charge in [0.15, 0.2) is 5.82 Å². The van der Waals surface area contributed by atoms with Crippen molar-refractivity contribution < 1.29 is 19.1 Å². The molecule has 0 spiro atoms. The molecule has 1 saturated carbocycles. The molecule has 1 aliphatic carbocycles. The lowest BCUT2D eigenvalue weighted by atomic mass is 9.86. The first-order chi connectivity index (χ1) is 14.5. The normalized spacial score (nSPS) is 22.0. The van der Waals surface area contributed by atoms with E-state index < -0.39 is 11.8 Å². The number of aromatic nitrogens is 2. The number of hydrogen-bond donors (Lipinski definition) is 2. The Labute approximate surface area is 174 Å². The number of carboxylic acids is 1. The number of piperidine rings is 1. The van der Waals surface area contributed by atoms with E-state index in [1.54, 1.807) is 23.1 Å². The van der Waals surface area contributed by atoms with E-state index in [0.29, 0.717) is 50.2 Å². The van der Waals surface area contributed by atoms with Gasteiger partial charge in [-0.15, -0.1) is 0 Å². The van der Waals surface area contributed by atoms with Gasteiger partial charge in [0.1, 0.15) is 5.69 Å². The number of benzene rings is 1. The third-order valence-electron chi connectivity index (χ3n) is 5.91. The number of aliphatic carboxylic acids is 1. The van der Waals surface area contributed by atoms with Crippen molar-refractivity contribution in [2.75, 3.05) is 16.8 Å². The quantitative estimate of drug-likeness (QED) is 0.774. The fraction of sp³-hybridized carbons (Fsp3) is 0.455. The van der Waals surface area contributed by atoms with Crippen molar-refractivity contribution >= 4 is 23.5 Å². The van der Waals surface area contributed by atoms with Crippen LogP contribution in [0.1, 0.15) is 44.9 Å². The van der Waals surface area contributed by atoms with Crippen LogP contribution in [0.4, 0.5) is 16.0 Å². The number of carboxylic acid groups (broad SMARTS) is 1. The maximum Gasteiger partial charge on any atom is 0.306 e. The number of carbonyl (C=O) groups excluding carboxylic acids is 1. The number of rotatable bonds is 5. The summed E-state index contributed by atoms with van der Waals surface area (Å²) in [7, 11) is 0. The van der Waals surface area contributed by atoms with Gasteiger partial charge in [-0.1, -0.05) is 12.1 Å². The summed E-state index contributed by atoms with van der Waals surface area (Å²) in [6.45, 7) is 0.667. The summed E-state index contributed by atoms with van der Waals surface area (Å²) in [5.41, 5.74) is 1.51. The molecule has 1 aromatic heterocycles. The molecule has 4 rings (SSSR count). The van der Waals surface area contributed by atoms with Gasteiger partial charge in [0, 0.05) is 30.3 Å². The second-order valence-corrected chi connectivity index (χ2v) is 7.97. The highest BCUT2D eigenvalue weighted by atomic mass is 19.1. The maximum atomic E-state index is 14.5. The van der Waals surface area contributed by atoms with Crippen LogP contribution in [0, 0.1) is 11.7 Å². The molecule has 1 aromatic carbocycles. The molecule has 2 heterocycles. The Morgan fingerprint density at radius 2 is 2.00 bits per heavy atom. The van der Waals surface area contributed by atoms with Crippen LogP contribution < -0.4 is 10.2 Å². The Morgan fingerprint density at radius 3 is 2.73 bits per heavy atom. The molecular weight excluding hydrogens is 387 g/mol. The van der Waals surface area contributed by atoms with Crippen LogP contribution in [0.25, 0.3) is 11.3 Å². The van der Waals surface area contributed by atoms with Gasteiger partial charge in [-0.2, -0.15) is 0 Å². The zero-order chi connectivity index (χ0) is 21.1. The molecule has 2 aliphatic rings. The molecule has 2 aromatic rings. The number of carbonyl (C=O) groups is 2. The predicted molar refractivity (Wildman–Crippen MR) is 111 cm³/mol. The molecule has 0 atom stereocenters. The molecular formula is C22H25FN4O3.